The molecular weight excluding hydrogens is 453 g/mol. The Labute approximate surface area is 202 Å². The predicted octanol–water partition coefficient (Wildman–Crippen LogP) is 4.44. The Hall–Kier alpha value is -3.66. The molecule has 186 valence electrons. The van der Waals surface area contributed by atoms with Crippen LogP contribution in [-0.2, 0) is 9.53 Å². The van der Waals surface area contributed by atoms with E-state index in [4.69, 9.17) is 19.9 Å². The number of fused-ring (bicyclic) bond motifs is 2. The van der Waals surface area contributed by atoms with Crippen molar-refractivity contribution in [2.75, 3.05) is 6.61 Å². The molecule has 10 heteroatoms. The number of nitrogens with one attached hydrogen (secondary N) is 1. The van der Waals surface area contributed by atoms with Crippen molar-refractivity contribution >= 4 is 22.4 Å². The van der Waals surface area contributed by atoms with Gasteiger partial charge in [0, 0.05) is 22.2 Å². The lowest BCUT2D eigenvalue weighted by molar-refractivity contribution is -0.151. The van der Waals surface area contributed by atoms with Crippen molar-refractivity contribution in [3.05, 3.63) is 47.8 Å². The molecule has 3 heterocycles. The first-order chi connectivity index (χ1) is 16.6. The third-order valence-corrected chi connectivity index (χ3v) is 5.61. The number of halogens is 1. The Bertz CT molecular complexity index is 1360. The molecule has 0 radical (unpaired) electrons. The highest BCUT2D eigenvalue weighted by molar-refractivity contribution is 5.83. The van der Waals surface area contributed by atoms with E-state index in [0.29, 0.717) is 40.1 Å². The van der Waals surface area contributed by atoms with Gasteiger partial charge in [-0.05, 0) is 51.3 Å². The molecule has 4 rings (SSSR count). The summed E-state index contributed by atoms with van der Waals surface area (Å²) >= 11 is 0. The molecule has 0 aliphatic carbocycles. The second kappa shape index (κ2) is 9.91. The molecule has 0 aliphatic rings. The van der Waals surface area contributed by atoms with E-state index in [1.54, 1.807) is 35.8 Å². The lowest BCUT2D eigenvalue weighted by Gasteiger charge is -2.18. The molecule has 4 aromatic rings. The third-order valence-electron chi connectivity index (χ3n) is 5.61. The van der Waals surface area contributed by atoms with Gasteiger partial charge in [0.15, 0.2) is 11.6 Å². The zero-order chi connectivity index (χ0) is 25.3. The molecule has 35 heavy (non-hydrogen) atoms. The first-order valence-electron chi connectivity index (χ1n) is 11.5. The van der Waals surface area contributed by atoms with Gasteiger partial charge in [0.1, 0.15) is 36.3 Å². The molecule has 0 aliphatic heterocycles. The number of nitrogens with zero attached hydrogens (tertiary/aromatic N) is 3. The van der Waals surface area contributed by atoms with Gasteiger partial charge in [-0.1, -0.05) is 13.8 Å². The first kappa shape index (κ1) is 24.5. The van der Waals surface area contributed by atoms with Gasteiger partial charge in [0.05, 0.1) is 6.20 Å². The normalized spacial score (nSPS) is 13.4. The SMILES string of the molecule is Cc1cc2c(F)c(Oc3ncnn4cc(OC[C@@H](C)OC(=O)[C@H](N)CC(C)C)c(C)c34)ccc2[nH]1. The van der Waals surface area contributed by atoms with Crippen LogP contribution < -0.4 is 15.2 Å². The summed E-state index contributed by atoms with van der Waals surface area (Å²) in [7, 11) is 0. The highest BCUT2D eigenvalue weighted by Gasteiger charge is 2.21. The molecule has 2 atom stereocenters. The smallest absolute Gasteiger partial charge is 0.323 e. The second-order valence-electron chi connectivity index (χ2n) is 9.16. The maximum absolute atomic E-state index is 15.0. The van der Waals surface area contributed by atoms with Gasteiger partial charge in [-0.3, -0.25) is 4.79 Å². The fraction of sp³-hybridized carbons (Fsp3) is 0.400. The minimum Gasteiger partial charge on any atom is -0.488 e. The van der Waals surface area contributed by atoms with Crippen molar-refractivity contribution < 1.29 is 23.4 Å². The number of aromatic amines is 1. The zero-order valence-corrected chi connectivity index (χ0v) is 20.5. The average molecular weight is 484 g/mol. The summed E-state index contributed by atoms with van der Waals surface area (Å²) < 4.78 is 33.8. The van der Waals surface area contributed by atoms with Gasteiger partial charge in [-0.2, -0.15) is 10.1 Å². The number of aryl methyl sites for hydroxylation is 2. The minimum absolute atomic E-state index is 0.0541. The van der Waals surface area contributed by atoms with Crippen LogP contribution in [0.5, 0.6) is 17.4 Å². The minimum atomic E-state index is -0.666. The number of aromatic nitrogens is 4. The van der Waals surface area contributed by atoms with Crippen LogP contribution in [0.15, 0.2) is 30.7 Å². The molecule has 9 nitrogen and oxygen atoms in total. The summed E-state index contributed by atoms with van der Waals surface area (Å²) in [5, 5.41) is 4.65. The van der Waals surface area contributed by atoms with E-state index in [1.165, 1.54) is 6.33 Å². The molecule has 0 spiro atoms. The second-order valence-corrected chi connectivity index (χ2v) is 9.16. The fourth-order valence-electron chi connectivity index (χ4n) is 3.93. The maximum atomic E-state index is 15.0. The molecular formula is C25H30FN5O4. The Morgan fingerprint density at radius 3 is 2.74 bits per heavy atom. The number of carbonyl (C=O) groups excluding carboxylic acids is 1. The Morgan fingerprint density at radius 1 is 1.23 bits per heavy atom. The van der Waals surface area contributed by atoms with Crippen molar-refractivity contribution in [3.8, 4) is 17.4 Å². The topological polar surface area (TPSA) is 117 Å². The van der Waals surface area contributed by atoms with Crippen molar-refractivity contribution in [3.63, 3.8) is 0 Å². The molecule has 0 saturated heterocycles. The number of benzene rings is 1. The third kappa shape index (κ3) is 5.22. The molecule has 3 N–H and O–H groups in total. The van der Waals surface area contributed by atoms with E-state index in [2.05, 4.69) is 15.1 Å². The summed E-state index contributed by atoms with van der Waals surface area (Å²) in [6.45, 7) is 9.54. The average Bonchev–Trinajstić information content (AvgIpc) is 3.34. The van der Waals surface area contributed by atoms with E-state index in [9.17, 15) is 4.79 Å². The van der Waals surface area contributed by atoms with Gasteiger partial charge >= 0.3 is 5.97 Å². The van der Waals surface area contributed by atoms with E-state index < -0.39 is 23.9 Å². The number of rotatable bonds is 9. The number of esters is 1. The molecule has 1 aromatic carbocycles. The van der Waals surface area contributed by atoms with Crippen molar-refractivity contribution in [1.29, 1.82) is 0 Å². The number of ether oxygens (including phenoxy) is 3. The Kier molecular flexibility index (Phi) is 6.93. The number of hydrogen-bond acceptors (Lipinski definition) is 7. The maximum Gasteiger partial charge on any atom is 0.323 e. The van der Waals surface area contributed by atoms with Crippen molar-refractivity contribution in [2.45, 2.75) is 53.2 Å². The van der Waals surface area contributed by atoms with Crippen LogP contribution in [-0.4, -0.2) is 44.3 Å². The van der Waals surface area contributed by atoms with Gasteiger partial charge < -0.3 is 24.9 Å². The van der Waals surface area contributed by atoms with Crippen LogP contribution in [0, 0.1) is 25.6 Å². The lowest BCUT2D eigenvalue weighted by atomic mass is 10.1. The monoisotopic (exact) mass is 483 g/mol. The summed E-state index contributed by atoms with van der Waals surface area (Å²) in [6.07, 6.45) is 3.04. The Balaban J connectivity index is 1.50. The number of carbonyl (C=O) groups is 1. The molecule has 0 saturated carbocycles. The van der Waals surface area contributed by atoms with Crippen LogP contribution in [0.4, 0.5) is 4.39 Å². The highest BCUT2D eigenvalue weighted by atomic mass is 19.1. The van der Waals surface area contributed by atoms with Crippen LogP contribution >= 0.6 is 0 Å². The van der Waals surface area contributed by atoms with E-state index >= 15 is 4.39 Å². The van der Waals surface area contributed by atoms with Gasteiger partial charge in [0.2, 0.25) is 5.88 Å². The van der Waals surface area contributed by atoms with E-state index in [1.807, 2.05) is 27.7 Å². The van der Waals surface area contributed by atoms with Crippen LogP contribution in [0.25, 0.3) is 16.4 Å². The fourth-order valence-corrected chi connectivity index (χ4v) is 3.93. The van der Waals surface area contributed by atoms with Crippen LogP contribution in [0.3, 0.4) is 0 Å². The van der Waals surface area contributed by atoms with Gasteiger partial charge in [-0.15, -0.1) is 0 Å². The standard InChI is InChI=1S/C25H30FN5O4/c1-13(2)8-18(27)25(32)34-15(4)11-33-21-10-31-23(16(21)5)24(28-12-29-31)35-20-7-6-19-17(22(20)26)9-14(3)30-19/h6-7,9-10,12-13,15,18,30H,8,11,27H2,1-5H3/t15-,18-/m1/s1. The first-order valence-corrected chi connectivity index (χ1v) is 11.5. The molecule has 3 aromatic heterocycles. The molecule has 0 fully saturated rings. The number of nitrogens with two attached hydrogens (primary N) is 1. The lowest BCUT2D eigenvalue weighted by Crippen LogP contribution is -2.36. The van der Waals surface area contributed by atoms with Crippen LogP contribution in [0.1, 0.15) is 38.4 Å². The number of H-pyrrole nitrogens is 1. The van der Waals surface area contributed by atoms with Crippen molar-refractivity contribution in [2.24, 2.45) is 11.7 Å². The summed E-state index contributed by atoms with van der Waals surface area (Å²) in [6, 6.07) is 4.38. The molecule has 0 amide bonds. The van der Waals surface area contributed by atoms with Crippen LogP contribution in [0.2, 0.25) is 0 Å². The molecule has 0 bridgehead atoms. The summed E-state index contributed by atoms with van der Waals surface area (Å²) in [5.41, 5.74) is 8.68. The Morgan fingerprint density at radius 2 is 2.00 bits per heavy atom. The number of hydrogen-bond donors (Lipinski definition) is 2. The quantitative estimate of drug-likeness (QED) is 0.338. The van der Waals surface area contributed by atoms with E-state index in [-0.39, 0.29) is 18.2 Å². The van der Waals surface area contributed by atoms with Gasteiger partial charge in [-0.25, -0.2) is 8.91 Å². The molecule has 0 unspecified atom stereocenters. The zero-order valence-electron chi connectivity index (χ0n) is 20.5. The highest BCUT2D eigenvalue weighted by Crippen LogP contribution is 2.34. The predicted molar refractivity (Wildman–Crippen MR) is 129 cm³/mol. The van der Waals surface area contributed by atoms with Gasteiger partial charge in [0.25, 0.3) is 0 Å². The van der Waals surface area contributed by atoms with Crippen molar-refractivity contribution in [1.82, 2.24) is 19.6 Å². The van der Waals surface area contributed by atoms with E-state index in [0.717, 1.165) is 5.69 Å². The summed E-state index contributed by atoms with van der Waals surface area (Å²) in [5.74, 6) is 0.125. The largest absolute Gasteiger partial charge is 0.488 e. The summed E-state index contributed by atoms with van der Waals surface area (Å²) in [4.78, 5) is 19.5.